The van der Waals surface area contributed by atoms with Gasteiger partial charge in [-0.15, -0.1) is 0 Å². The number of carbonyl (C=O) groups excluding carboxylic acids is 2. The summed E-state index contributed by atoms with van der Waals surface area (Å²) in [5.74, 6) is -2.26. The minimum Gasteiger partial charge on any atom is -0.481 e. The molecule has 0 aliphatic carbocycles. The third-order valence-electron chi connectivity index (χ3n) is 3.79. The molecule has 0 heterocycles. The minimum atomic E-state index is -0.961. The van der Waals surface area contributed by atoms with Gasteiger partial charge in [0.15, 0.2) is 0 Å². The van der Waals surface area contributed by atoms with Gasteiger partial charge < -0.3 is 19.7 Å². The van der Waals surface area contributed by atoms with Crippen molar-refractivity contribution in [2.75, 3.05) is 0 Å². The number of carboxylic acid groups (broad SMARTS) is 2. The number of esters is 2. The van der Waals surface area contributed by atoms with E-state index in [0.717, 1.165) is 10.8 Å². The summed E-state index contributed by atoms with van der Waals surface area (Å²) in [5, 5.41) is 18.7. The lowest BCUT2D eigenvalue weighted by molar-refractivity contribution is -0.139. The largest absolute Gasteiger partial charge is 0.481 e. The summed E-state index contributed by atoms with van der Waals surface area (Å²) in [6, 6.07) is 9.91. The average Bonchev–Trinajstić information content (AvgIpc) is 2.61. The first-order valence-corrected chi connectivity index (χ1v) is 8.72. The van der Waals surface area contributed by atoms with Crippen molar-refractivity contribution < 1.29 is 38.9 Å². The van der Waals surface area contributed by atoms with Crippen molar-refractivity contribution in [3.63, 3.8) is 0 Å². The van der Waals surface area contributed by atoms with Crippen molar-refractivity contribution in [2.45, 2.75) is 38.5 Å². The normalized spacial score (nSPS) is 10.4. The van der Waals surface area contributed by atoms with Gasteiger partial charge in [-0.2, -0.15) is 0 Å². The van der Waals surface area contributed by atoms with Gasteiger partial charge in [-0.05, 0) is 47.9 Å². The van der Waals surface area contributed by atoms with Crippen molar-refractivity contribution >= 4 is 34.6 Å². The van der Waals surface area contributed by atoms with Crippen LogP contribution in [0.1, 0.15) is 38.5 Å². The van der Waals surface area contributed by atoms with Gasteiger partial charge in [0.25, 0.3) is 0 Å². The molecule has 8 nitrogen and oxygen atoms in total. The Bertz CT molecular complexity index is 814. The van der Waals surface area contributed by atoms with Crippen LogP contribution in [0.4, 0.5) is 0 Å². The Morgan fingerprint density at radius 1 is 0.643 bits per heavy atom. The second kappa shape index (κ2) is 10.1. The van der Waals surface area contributed by atoms with Gasteiger partial charge in [-0.1, -0.05) is 12.1 Å². The third-order valence-corrected chi connectivity index (χ3v) is 3.79. The number of hydrogen-bond donors (Lipinski definition) is 2. The maximum Gasteiger partial charge on any atom is 0.311 e. The average molecular weight is 388 g/mol. The van der Waals surface area contributed by atoms with E-state index in [4.69, 9.17) is 19.7 Å². The molecule has 0 bridgehead atoms. The van der Waals surface area contributed by atoms with Crippen LogP contribution in [0.3, 0.4) is 0 Å². The highest BCUT2D eigenvalue weighted by Gasteiger charge is 2.09. The summed E-state index contributed by atoms with van der Waals surface area (Å²) in [4.78, 5) is 44.4. The molecule has 148 valence electrons. The molecule has 0 atom stereocenters. The smallest absolute Gasteiger partial charge is 0.311 e. The highest BCUT2D eigenvalue weighted by atomic mass is 16.5. The highest BCUT2D eigenvalue weighted by Crippen LogP contribution is 2.25. The van der Waals surface area contributed by atoms with Gasteiger partial charge in [-0.3, -0.25) is 19.2 Å². The van der Waals surface area contributed by atoms with Crippen molar-refractivity contribution in [3.05, 3.63) is 36.4 Å². The van der Waals surface area contributed by atoms with Crippen LogP contribution in [0, 0.1) is 0 Å². The Morgan fingerprint density at radius 2 is 1.04 bits per heavy atom. The second-order valence-electron chi connectivity index (χ2n) is 6.11. The predicted molar refractivity (Wildman–Crippen MR) is 98.2 cm³/mol. The molecular weight excluding hydrogens is 368 g/mol. The molecular formula is C20H20O8. The number of hydrogen-bond acceptors (Lipinski definition) is 6. The summed E-state index contributed by atoms with van der Waals surface area (Å²) >= 11 is 0. The minimum absolute atomic E-state index is 0.0150. The fourth-order valence-electron chi connectivity index (χ4n) is 2.46. The van der Waals surface area contributed by atoms with Gasteiger partial charge in [-0.25, -0.2) is 0 Å². The van der Waals surface area contributed by atoms with Gasteiger partial charge in [0, 0.05) is 25.7 Å². The zero-order valence-corrected chi connectivity index (χ0v) is 15.1. The van der Waals surface area contributed by atoms with E-state index in [1.54, 1.807) is 36.4 Å². The van der Waals surface area contributed by atoms with Crippen LogP contribution < -0.4 is 9.47 Å². The van der Waals surface area contributed by atoms with Crippen molar-refractivity contribution in [3.8, 4) is 11.5 Å². The molecule has 0 saturated heterocycles. The maximum absolute atomic E-state index is 11.7. The molecule has 2 aromatic rings. The number of rotatable bonds is 10. The molecule has 2 N–H and O–H groups in total. The van der Waals surface area contributed by atoms with Crippen molar-refractivity contribution in [1.82, 2.24) is 0 Å². The molecule has 2 rings (SSSR count). The molecule has 28 heavy (non-hydrogen) atoms. The fourth-order valence-corrected chi connectivity index (χ4v) is 2.46. The highest BCUT2D eigenvalue weighted by molar-refractivity contribution is 5.87. The lowest BCUT2D eigenvalue weighted by Crippen LogP contribution is -2.09. The second-order valence-corrected chi connectivity index (χ2v) is 6.11. The Hall–Kier alpha value is -3.42. The number of benzene rings is 2. The van der Waals surface area contributed by atoms with Crippen LogP contribution in [0.5, 0.6) is 11.5 Å². The molecule has 0 aliphatic rings. The SMILES string of the molecule is O=C(O)CCCC(=O)Oc1ccc2cc(OC(=O)CCCC(=O)O)ccc2c1. The Kier molecular flexibility index (Phi) is 7.50. The number of carbonyl (C=O) groups is 4. The fraction of sp³-hybridized carbons (Fsp3) is 0.300. The summed E-state index contributed by atoms with van der Waals surface area (Å²) < 4.78 is 10.4. The third kappa shape index (κ3) is 7.06. The van der Waals surface area contributed by atoms with E-state index in [2.05, 4.69) is 0 Å². The number of aliphatic carboxylic acids is 2. The number of fused-ring (bicyclic) bond motifs is 1. The quantitative estimate of drug-likeness (QED) is 0.469. The lowest BCUT2D eigenvalue weighted by atomic mass is 10.1. The van der Waals surface area contributed by atoms with Gasteiger partial charge in [0.1, 0.15) is 11.5 Å². The van der Waals surface area contributed by atoms with Crippen molar-refractivity contribution in [2.24, 2.45) is 0 Å². The first-order valence-electron chi connectivity index (χ1n) is 8.72. The van der Waals surface area contributed by atoms with Crippen molar-refractivity contribution in [1.29, 1.82) is 0 Å². The van der Waals surface area contributed by atoms with Gasteiger partial charge in [0.05, 0.1) is 0 Å². The summed E-state index contributed by atoms with van der Waals surface area (Å²) in [5.41, 5.74) is 0. The molecule has 0 fully saturated rings. The van der Waals surface area contributed by atoms with E-state index >= 15 is 0 Å². The summed E-state index contributed by atoms with van der Waals surface area (Å²) in [7, 11) is 0. The van der Waals surface area contributed by atoms with Crippen LogP contribution in [0.15, 0.2) is 36.4 Å². The molecule has 0 spiro atoms. The predicted octanol–water partition coefficient (Wildman–Crippen LogP) is 3.16. The lowest BCUT2D eigenvalue weighted by Gasteiger charge is -2.08. The topological polar surface area (TPSA) is 127 Å². The van der Waals surface area contributed by atoms with E-state index < -0.39 is 23.9 Å². The van der Waals surface area contributed by atoms with E-state index in [1.807, 2.05) is 0 Å². The Morgan fingerprint density at radius 3 is 1.39 bits per heavy atom. The molecule has 0 unspecified atom stereocenters. The maximum atomic E-state index is 11.7. The van der Waals surface area contributed by atoms with Gasteiger partial charge in [0.2, 0.25) is 0 Å². The van der Waals surface area contributed by atoms with E-state index in [9.17, 15) is 19.2 Å². The summed E-state index contributed by atoms with van der Waals surface area (Å²) in [6.45, 7) is 0. The Balaban J connectivity index is 1.94. The molecule has 0 aromatic heterocycles. The van der Waals surface area contributed by atoms with E-state index in [0.29, 0.717) is 11.5 Å². The zero-order chi connectivity index (χ0) is 20.5. The first-order chi connectivity index (χ1) is 13.3. The molecule has 0 aliphatic heterocycles. The monoisotopic (exact) mass is 388 g/mol. The molecule has 0 amide bonds. The van der Waals surface area contributed by atoms with E-state index in [-0.39, 0.29) is 38.5 Å². The van der Waals surface area contributed by atoms with E-state index in [1.165, 1.54) is 0 Å². The standard InChI is InChI=1S/C20H20O8/c21-17(22)3-1-5-19(25)27-15-9-7-14-12-16(10-8-13(14)11-15)28-20(26)6-2-4-18(23)24/h7-12H,1-6H2,(H,21,22)(H,23,24). The first kappa shape index (κ1) is 20.9. The molecule has 0 saturated carbocycles. The molecule has 0 radical (unpaired) electrons. The molecule has 2 aromatic carbocycles. The number of ether oxygens (including phenoxy) is 2. The zero-order valence-electron chi connectivity index (χ0n) is 15.1. The number of carboxylic acids is 2. The van der Waals surface area contributed by atoms with Crippen LogP contribution >= 0.6 is 0 Å². The van der Waals surface area contributed by atoms with Crippen LogP contribution in [0.25, 0.3) is 10.8 Å². The Labute approximate surface area is 160 Å². The summed E-state index contributed by atoms with van der Waals surface area (Å²) in [6.07, 6.45) is 0.267. The van der Waals surface area contributed by atoms with Gasteiger partial charge >= 0.3 is 23.9 Å². The molecule has 8 heteroatoms. The van der Waals surface area contributed by atoms with Crippen LogP contribution in [-0.2, 0) is 19.2 Å². The van der Waals surface area contributed by atoms with Crippen LogP contribution in [-0.4, -0.2) is 34.1 Å². The van der Waals surface area contributed by atoms with Crippen LogP contribution in [0.2, 0.25) is 0 Å².